The van der Waals surface area contributed by atoms with Gasteiger partial charge in [0.15, 0.2) is 6.04 Å². The third kappa shape index (κ3) is 19.4. The number of hydrogen-bond acceptors (Lipinski definition) is 1. The number of carbonyl (C=O) groups is 1. The van der Waals surface area contributed by atoms with E-state index < -0.39 is 0 Å². The van der Waals surface area contributed by atoms with Crippen LogP contribution in [0, 0.1) is 0 Å². The average molecular weight is 456 g/mol. The first kappa shape index (κ1) is 30.7. The van der Waals surface area contributed by atoms with Crippen molar-refractivity contribution in [1.29, 1.82) is 0 Å². The Morgan fingerprint density at radius 3 is 1.53 bits per heavy atom. The Labute approximate surface area is 199 Å². The lowest BCUT2D eigenvalue weighted by Gasteiger charge is -2.24. The van der Waals surface area contributed by atoms with Gasteiger partial charge in [0.25, 0.3) is 5.91 Å². The monoisotopic (exact) mass is 455 g/mol. The zero-order valence-corrected chi connectivity index (χ0v) is 21.6. The standard InChI is InChI=1S/C26H55N5O/c1-3-5-7-9-11-13-15-17-22-31(23-18-16-14-12-10-8-6-4-2)25(32)24(27)20-19-21-30-26(28)29/h24H,3-23,27H2,1-2H3,(H4,28,29,30)/p+2. The molecule has 0 aromatic heterocycles. The van der Waals surface area contributed by atoms with Crippen molar-refractivity contribution < 1.29 is 15.5 Å². The number of unbranched alkanes of at least 4 members (excludes halogenated alkanes) is 14. The van der Waals surface area contributed by atoms with E-state index in [9.17, 15) is 4.79 Å². The van der Waals surface area contributed by atoms with Crippen LogP contribution in [0.15, 0.2) is 0 Å². The molecule has 0 spiro atoms. The molecule has 0 aromatic rings. The summed E-state index contributed by atoms with van der Waals surface area (Å²) in [5.74, 6) is 0.462. The van der Waals surface area contributed by atoms with E-state index in [1.54, 1.807) is 0 Å². The van der Waals surface area contributed by atoms with Crippen LogP contribution in [0.1, 0.15) is 129 Å². The van der Waals surface area contributed by atoms with Crippen molar-refractivity contribution in [3.8, 4) is 0 Å². The van der Waals surface area contributed by atoms with E-state index in [4.69, 9.17) is 11.5 Å². The summed E-state index contributed by atoms with van der Waals surface area (Å²) in [6.07, 6.45) is 22.3. The van der Waals surface area contributed by atoms with Crippen molar-refractivity contribution in [2.24, 2.45) is 11.5 Å². The van der Waals surface area contributed by atoms with Gasteiger partial charge in [0.1, 0.15) is 0 Å². The van der Waals surface area contributed by atoms with Crippen molar-refractivity contribution in [2.45, 2.75) is 135 Å². The molecule has 0 fully saturated rings. The maximum Gasteiger partial charge on any atom is 0.338 e. The maximum absolute atomic E-state index is 13.0. The first-order valence-electron chi connectivity index (χ1n) is 13.8. The summed E-state index contributed by atoms with van der Waals surface area (Å²) < 4.78 is 0. The second kappa shape index (κ2) is 22.9. The van der Waals surface area contributed by atoms with Gasteiger partial charge in [0.2, 0.25) is 0 Å². The predicted octanol–water partition coefficient (Wildman–Crippen LogP) is 2.84. The van der Waals surface area contributed by atoms with Crippen molar-refractivity contribution in [3.63, 3.8) is 0 Å². The van der Waals surface area contributed by atoms with Crippen LogP contribution in [0.4, 0.5) is 0 Å². The summed E-state index contributed by atoms with van der Waals surface area (Å²) in [6, 6.07) is -0.182. The molecule has 32 heavy (non-hydrogen) atoms. The number of nitrogens with two attached hydrogens (primary N) is 2. The molecule has 1 unspecified atom stereocenters. The molecule has 0 aliphatic carbocycles. The highest BCUT2D eigenvalue weighted by Crippen LogP contribution is 2.12. The molecule has 6 heteroatoms. The predicted molar refractivity (Wildman–Crippen MR) is 137 cm³/mol. The Morgan fingerprint density at radius 2 is 1.12 bits per heavy atom. The van der Waals surface area contributed by atoms with Gasteiger partial charge >= 0.3 is 5.96 Å². The Morgan fingerprint density at radius 1 is 0.719 bits per heavy atom. The van der Waals surface area contributed by atoms with Crippen molar-refractivity contribution >= 4 is 11.9 Å². The van der Waals surface area contributed by atoms with Crippen molar-refractivity contribution in [1.82, 2.24) is 4.90 Å². The van der Waals surface area contributed by atoms with Crippen LogP contribution in [-0.2, 0) is 4.79 Å². The molecule has 1 atom stereocenters. The van der Waals surface area contributed by atoms with Gasteiger partial charge in [-0.3, -0.25) is 21.3 Å². The van der Waals surface area contributed by atoms with E-state index in [2.05, 4.69) is 29.5 Å². The van der Waals surface area contributed by atoms with Crippen LogP contribution in [0.3, 0.4) is 0 Å². The van der Waals surface area contributed by atoms with Crippen LogP contribution < -0.4 is 22.2 Å². The van der Waals surface area contributed by atoms with Gasteiger partial charge in [-0.05, 0) is 19.3 Å². The topological polar surface area (TPSA) is 114 Å². The van der Waals surface area contributed by atoms with E-state index in [0.29, 0.717) is 6.54 Å². The summed E-state index contributed by atoms with van der Waals surface area (Å²) in [6.45, 7) is 6.99. The lowest BCUT2D eigenvalue weighted by Crippen LogP contribution is -2.78. The van der Waals surface area contributed by atoms with Crippen molar-refractivity contribution in [2.75, 3.05) is 19.6 Å². The molecule has 0 heterocycles. The zero-order valence-electron chi connectivity index (χ0n) is 21.6. The largest absolute Gasteiger partial charge is 0.347 e. The molecule has 190 valence electrons. The molecule has 1 amide bonds. The first-order valence-corrected chi connectivity index (χ1v) is 13.8. The van der Waals surface area contributed by atoms with Gasteiger partial charge in [0, 0.05) is 19.5 Å². The summed E-state index contributed by atoms with van der Waals surface area (Å²) in [5.41, 5.74) is 15.0. The highest BCUT2D eigenvalue weighted by molar-refractivity contribution is 5.80. The minimum absolute atomic E-state index is 0.182. The molecule has 0 aromatic carbocycles. The SMILES string of the molecule is CCCCCCCCCCN(CCCCCCCCCC)C(=O)C([NH3+])CCC[NH+]=C(N)N. The van der Waals surface area contributed by atoms with Crippen LogP contribution in [0.5, 0.6) is 0 Å². The molecule has 8 N–H and O–H groups in total. The van der Waals surface area contributed by atoms with Gasteiger partial charge < -0.3 is 10.6 Å². The summed E-state index contributed by atoms with van der Waals surface area (Å²) in [4.78, 5) is 18.1. The van der Waals surface area contributed by atoms with Gasteiger partial charge in [-0.25, -0.2) is 0 Å². The number of carbonyl (C=O) groups excluding carboxylic acids is 1. The van der Waals surface area contributed by atoms with E-state index in [0.717, 1.165) is 38.8 Å². The number of amides is 1. The molecule has 0 saturated heterocycles. The Kier molecular flexibility index (Phi) is 21.9. The second-order valence-corrected chi connectivity index (χ2v) is 9.50. The summed E-state index contributed by atoms with van der Waals surface area (Å²) in [7, 11) is 0. The van der Waals surface area contributed by atoms with Crippen LogP contribution in [0.25, 0.3) is 0 Å². The fraction of sp³-hybridized carbons (Fsp3) is 0.923. The molecular weight excluding hydrogens is 398 g/mol. The maximum atomic E-state index is 13.0. The van der Waals surface area contributed by atoms with Crippen LogP contribution in [-0.4, -0.2) is 42.4 Å². The molecular formula is C26H57N5O+2. The first-order chi connectivity index (χ1) is 15.5. The number of guanidine groups is 1. The van der Waals surface area contributed by atoms with E-state index in [1.807, 2.05) is 0 Å². The minimum Gasteiger partial charge on any atom is -0.347 e. The summed E-state index contributed by atoms with van der Waals surface area (Å²) >= 11 is 0. The Balaban J connectivity index is 4.29. The average Bonchev–Trinajstić information content (AvgIpc) is 2.78. The fourth-order valence-electron chi connectivity index (χ4n) is 4.17. The highest BCUT2D eigenvalue weighted by atomic mass is 16.2. The van der Waals surface area contributed by atoms with Crippen LogP contribution in [0.2, 0.25) is 0 Å². The minimum atomic E-state index is -0.182. The third-order valence-corrected chi connectivity index (χ3v) is 6.28. The molecule has 0 radical (unpaired) electrons. The third-order valence-electron chi connectivity index (χ3n) is 6.28. The number of nitrogens with one attached hydrogen (secondary N) is 1. The molecule has 0 aliphatic rings. The number of rotatable bonds is 23. The second-order valence-electron chi connectivity index (χ2n) is 9.50. The number of quaternary nitrogens is 1. The number of hydrogen-bond donors (Lipinski definition) is 4. The number of nitrogens with zero attached hydrogens (tertiary/aromatic N) is 1. The molecule has 0 saturated carbocycles. The molecule has 0 rings (SSSR count). The van der Waals surface area contributed by atoms with E-state index in [-0.39, 0.29) is 17.9 Å². The van der Waals surface area contributed by atoms with Gasteiger partial charge in [-0.1, -0.05) is 104 Å². The Hall–Kier alpha value is -1.30. The van der Waals surface area contributed by atoms with Crippen LogP contribution >= 0.6 is 0 Å². The van der Waals surface area contributed by atoms with Crippen molar-refractivity contribution in [3.05, 3.63) is 0 Å². The fourth-order valence-corrected chi connectivity index (χ4v) is 4.17. The summed E-state index contributed by atoms with van der Waals surface area (Å²) in [5, 5.41) is 0. The smallest absolute Gasteiger partial charge is 0.338 e. The quantitative estimate of drug-likeness (QED) is 0.108. The van der Waals surface area contributed by atoms with E-state index >= 15 is 0 Å². The zero-order chi connectivity index (χ0) is 23.9. The van der Waals surface area contributed by atoms with Gasteiger partial charge in [-0.2, -0.15) is 0 Å². The van der Waals surface area contributed by atoms with Gasteiger partial charge in [-0.15, -0.1) is 0 Å². The lowest BCUT2D eigenvalue weighted by atomic mass is 10.1. The molecule has 0 aliphatic heterocycles. The van der Waals surface area contributed by atoms with E-state index in [1.165, 1.54) is 89.9 Å². The Bertz CT molecular complexity index is 431. The lowest BCUT2D eigenvalue weighted by molar-refractivity contribution is -0.463. The highest BCUT2D eigenvalue weighted by Gasteiger charge is 2.23. The molecule has 6 nitrogen and oxygen atoms in total. The normalized spacial score (nSPS) is 12.0. The van der Waals surface area contributed by atoms with Gasteiger partial charge in [0.05, 0.1) is 6.54 Å². The molecule has 0 bridgehead atoms.